The normalized spacial score (nSPS) is 22.5. The first-order valence-electron chi connectivity index (χ1n) is 11.1. The SMILES string of the molecule is Cc1cncc(-c2cc3c(s2)C2(CC3)NC(=N)N(C)C(=O)C2c2ccc(C(C)C)cc2)c1. The zero-order valence-electron chi connectivity index (χ0n) is 18.9. The maximum atomic E-state index is 13.6. The molecule has 3 aromatic rings. The first kappa shape index (κ1) is 20.9. The van der Waals surface area contributed by atoms with Gasteiger partial charge in [0.15, 0.2) is 5.96 Å². The maximum Gasteiger partial charge on any atom is 0.239 e. The summed E-state index contributed by atoms with van der Waals surface area (Å²) >= 11 is 1.73. The molecule has 0 radical (unpaired) electrons. The second-order valence-corrected chi connectivity index (χ2v) is 10.4. The highest BCUT2D eigenvalue weighted by atomic mass is 32.1. The Morgan fingerprint density at radius 2 is 1.97 bits per heavy atom. The molecule has 2 aromatic heterocycles. The zero-order valence-corrected chi connectivity index (χ0v) is 19.7. The van der Waals surface area contributed by atoms with E-state index < -0.39 is 5.54 Å². The molecule has 32 heavy (non-hydrogen) atoms. The molecule has 164 valence electrons. The summed E-state index contributed by atoms with van der Waals surface area (Å²) in [5, 5.41) is 12.0. The van der Waals surface area contributed by atoms with Crippen LogP contribution in [0.4, 0.5) is 0 Å². The summed E-state index contributed by atoms with van der Waals surface area (Å²) in [6.07, 6.45) is 5.46. The van der Waals surface area contributed by atoms with E-state index in [-0.39, 0.29) is 17.8 Å². The molecule has 0 saturated carbocycles. The number of carbonyl (C=O) groups excluding carboxylic acids is 1. The number of hydrogen-bond donors (Lipinski definition) is 2. The second kappa shape index (κ2) is 7.55. The fourth-order valence-electron chi connectivity index (χ4n) is 5.05. The molecule has 1 amide bonds. The van der Waals surface area contributed by atoms with Gasteiger partial charge in [0.05, 0.1) is 11.5 Å². The van der Waals surface area contributed by atoms with Gasteiger partial charge >= 0.3 is 0 Å². The lowest BCUT2D eigenvalue weighted by atomic mass is 9.75. The monoisotopic (exact) mass is 444 g/mol. The average molecular weight is 445 g/mol. The molecule has 1 spiro atoms. The number of nitrogens with one attached hydrogen (secondary N) is 2. The summed E-state index contributed by atoms with van der Waals surface area (Å²) in [5.74, 6) is 0.220. The van der Waals surface area contributed by atoms with Crippen LogP contribution < -0.4 is 5.32 Å². The lowest BCUT2D eigenvalue weighted by Crippen LogP contribution is -2.62. The van der Waals surface area contributed by atoms with Crippen LogP contribution in [0.15, 0.2) is 48.8 Å². The Morgan fingerprint density at radius 1 is 1.22 bits per heavy atom. The van der Waals surface area contributed by atoms with Gasteiger partial charge in [-0.1, -0.05) is 38.1 Å². The number of amides is 1. The van der Waals surface area contributed by atoms with E-state index in [0.717, 1.165) is 29.5 Å². The van der Waals surface area contributed by atoms with Gasteiger partial charge in [0.25, 0.3) is 0 Å². The molecule has 3 heterocycles. The Morgan fingerprint density at radius 3 is 2.66 bits per heavy atom. The van der Waals surface area contributed by atoms with Crippen LogP contribution in [0.2, 0.25) is 0 Å². The third-order valence-corrected chi connectivity index (χ3v) is 8.25. The van der Waals surface area contributed by atoms with Crippen LogP contribution in [0.1, 0.15) is 59.2 Å². The van der Waals surface area contributed by atoms with Crippen molar-refractivity contribution < 1.29 is 4.79 Å². The quantitative estimate of drug-likeness (QED) is 0.586. The van der Waals surface area contributed by atoms with Crippen LogP contribution in [0.5, 0.6) is 0 Å². The number of fused-ring (bicyclic) bond motifs is 2. The molecular weight excluding hydrogens is 416 g/mol. The summed E-state index contributed by atoms with van der Waals surface area (Å²) in [6.45, 7) is 6.40. The van der Waals surface area contributed by atoms with E-state index in [1.807, 2.05) is 12.4 Å². The van der Waals surface area contributed by atoms with Gasteiger partial charge in [-0.3, -0.25) is 20.1 Å². The molecule has 2 unspecified atom stereocenters. The van der Waals surface area contributed by atoms with E-state index in [9.17, 15) is 4.79 Å². The number of guanidine groups is 1. The van der Waals surface area contributed by atoms with Crippen LogP contribution in [-0.2, 0) is 16.8 Å². The third kappa shape index (κ3) is 3.16. The number of carbonyl (C=O) groups is 1. The minimum absolute atomic E-state index is 0.0222. The van der Waals surface area contributed by atoms with Crippen LogP contribution >= 0.6 is 11.3 Å². The molecule has 1 saturated heterocycles. The highest BCUT2D eigenvalue weighted by Crippen LogP contribution is 2.53. The second-order valence-electron chi connectivity index (χ2n) is 9.31. The Labute approximate surface area is 193 Å². The lowest BCUT2D eigenvalue weighted by Gasteiger charge is -2.45. The average Bonchev–Trinajstić information content (AvgIpc) is 3.34. The fourth-order valence-corrected chi connectivity index (χ4v) is 6.44. The number of aromatic nitrogens is 1. The van der Waals surface area contributed by atoms with Crippen molar-refractivity contribution in [3.05, 3.63) is 75.9 Å². The molecule has 2 aliphatic rings. The summed E-state index contributed by atoms with van der Waals surface area (Å²) in [4.78, 5) is 21.7. The van der Waals surface area contributed by atoms with Crippen molar-refractivity contribution >= 4 is 23.2 Å². The molecular formula is C26H28N4OS. The summed E-state index contributed by atoms with van der Waals surface area (Å²) < 4.78 is 0. The molecule has 1 aliphatic carbocycles. The van der Waals surface area contributed by atoms with Crippen molar-refractivity contribution in [2.24, 2.45) is 0 Å². The van der Waals surface area contributed by atoms with E-state index in [1.54, 1.807) is 18.4 Å². The predicted molar refractivity (Wildman–Crippen MR) is 129 cm³/mol. The van der Waals surface area contributed by atoms with Gasteiger partial charge < -0.3 is 5.32 Å². The van der Waals surface area contributed by atoms with Crippen LogP contribution in [-0.4, -0.2) is 28.8 Å². The number of thiophene rings is 1. The van der Waals surface area contributed by atoms with Gasteiger partial charge in [-0.05, 0) is 60.1 Å². The standard InChI is InChI=1S/C26H28N4OS/c1-15(2)17-5-7-18(8-6-17)22-24(31)30(4)25(27)29-26(22)10-9-19-12-21(32-23(19)26)20-11-16(3)13-28-14-20/h5-8,11-15,22H,9-10H2,1-4H3,(H2,27,29). The highest BCUT2D eigenvalue weighted by Gasteiger charge is 2.55. The highest BCUT2D eigenvalue weighted by molar-refractivity contribution is 7.15. The van der Waals surface area contributed by atoms with E-state index in [0.29, 0.717) is 5.92 Å². The molecule has 1 aliphatic heterocycles. The van der Waals surface area contributed by atoms with Crippen molar-refractivity contribution in [2.75, 3.05) is 7.05 Å². The molecule has 5 rings (SSSR count). The summed E-state index contributed by atoms with van der Waals surface area (Å²) in [7, 11) is 1.69. The van der Waals surface area contributed by atoms with E-state index in [1.165, 1.54) is 25.8 Å². The van der Waals surface area contributed by atoms with Crippen LogP contribution in [0, 0.1) is 12.3 Å². The number of aryl methyl sites for hydroxylation is 2. The Kier molecular flexibility index (Phi) is 4.93. The number of benzene rings is 1. The maximum absolute atomic E-state index is 13.6. The van der Waals surface area contributed by atoms with Gasteiger partial charge in [0.1, 0.15) is 0 Å². The molecule has 1 aromatic carbocycles. The van der Waals surface area contributed by atoms with Gasteiger partial charge in [-0.15, -0.1) is 11.3 Å². The molecule has 2 atom stereocenters. The summed E-state index contributed by atoms with van der Waals surface area (Å²) in [6, 6.07) is 12.9. The Hall–Kier alpha value is -2.99. The minimum atomic E-state index is -0.588. The first-order chi connectivity index (χ1) is 15.3. The van der Waals surface area contributed by atoms with E-state index in [2.05, 4.69) is 67.5 Å². The Bertz CT molecular complexity index is 1210. The van der Waals surface area contributed by atoms with Gasteiger partial charge in [0.2, 0.25) is 5.91 Å². The number of nitrogens with zero attached hydrogens (tertiary/aromatic N) is 2. The summed E-state index contributed by atoms with van der Waals surface area (Å²) in [5.41, 5.74) is 5.18. The zero-order chi connectivity index (χ0) is 22.6. The van der Waals surface area contributed by atoms with Gasteiger partial charge in [-0.2, -0.15) is 0 Å². The fraction of sp³-hybridized carbons (Fsp3) is 0.346. The molecule has 6 heteroatoms. The van der Waals surface area contributed by atoms with E-state index in [4.69, 9.17) is 5.41 Å². The minimum Gasteiger partial charge on any atom is -0.345 e. The Balaban J connectivity index is 1.63. The molecule has 1 fully saturated rings. The van der Waals surface area contributed by atoms with Crippen molar-refractivity contribution in [1.29, 1.82) is 5.41 Å². The first-order valence-corrected chi connectivity index (χ1v) is 11.9. The molecule has 5 nitrogen and oxygen atoms in total. The topological polar surface area (TPSA) is 69.1 Å². The number of likely N-dealkylation sites (N-methyl/N-ethyl adjacent to an activating group) is 1. The predicted octanol–water partition coefficient (Wildman–Crippen LogP) is 5.16. The van der Waals surface area contributed by atoms with Crippen LogP contribution in [0.25, 0.3) is 10.4 Å². The van der Waals surface area contributed by atoms with Gasteiger partial charge in [-0.25, -0.2) is 0 Å². The number of hydrogen-bond acceptors (Lipinski definition) is 4. The van der Waals surface area contributed by atoms with Crippen molar-refractivity contribution in [2.45, 2.75) is 51.0 Å². The van der Waals surface area contributed by atoms with E-state index >= 15 is 0 Å². The largest absolute Gasteiger partial charge is 0.345 e. The van der Waals surface area contributed by atoms with Crippen LogP contribution in [0.3, 0.4) is 0 Å². The molecule has 2 N–H and O–H groups in total. The van der Waals surface area contributed by atoms with Crippen molar-refractivity contribution in [3.8, 4) is 10.4 Å². The van der Waals surface area contributed by atoms with Gasteiger partial charge in [0, 0.05) is 34.8 Å². The van der Waals surface area contributed by atoms with Crippen molar-refractivity contribution in [3.63, 3.8) is 0 Å². The van der Waals surface area contributed by atoms with Crippen molar-refractivity contribution in [1.82, 2.24) is 15.2 Å². The lowest BCUT2D eigenvalue weighted by molar-refractivity contribution is -0.132. The number of pyridine rings is 1. The third-order valence-electron chi connectivity index (χ3n) is 6.85. The number of rotatable bonds is 3. The molecule has 0 bridgehead atoms. The smallest absolute Gasteiger partial charge is 0.239 e.